The summed E-state index contributed by atoms with van der Waals surface area (Å²) in [7, 11) is 4.87. The fourth-order valence-corrected chi connectivity index (χ4v) is 7.28. The molecule has 3 aromatic rings. The molecule has 1 aromatic carbocycles. The number of rotatable bonds is 14. The first-order chi connectivity index (χ1) is 28.2. The summed E-state index contributed by atoms with van der Waals surface area (Å²) in [6.07, 6.45) is 4.69. The number of hydrogen-bond donors (Lipinski definition) is 4. The Balaban J connectivity index is 1.28. The summed E-state index contributed by atoms with van der Waals surface area (Å²) >= 11 is 0. The predicted molar refractivity (Wildman–Crippen MR) is 229 cm³/mol. The number of amides is 7. The Bertz CT molecular complexity index is 2120. The Hall–Kier alpha value is -6.13. The number of aryl methyl sites for hydroxylation is 2. The molecule has 4 N–H and O–H groups in total. The molecule has 4 heterocycles. The molecule has 3 atom stereocenters. The SMILES string of the molecule is Cc1ccc(Nc2ncc3c(n2)N(C)C(=O)N(c2cc(C(=O)NC(C(=O)N4CCC[C@@H]4C(=O)NC(C)(C)C(=O)N[C@H](CC(C)C)C(=O)N(C)C)C(C)C)ccc2C)C3)cn1. The molecule has 2 aromatic heterocycles. The van der Waals surface area contributed by atoms with Crippen molar-refractivity contribution >= 4 is 58.7 Å². The van der Waals surface area contributed by atoms with E-state index in [-0.39, 0.29) is 35.9 Å². The van der Waals surface area contributed by atoms with Crippen LogP contribution >= 0.6 is 0 Å². The van der Waals surface area contributed by atoms with E-state index >= 15 is 0 Å². The normalized spacial score (nSPS) is 16.3. The lowest BCUT2D eigenvalue weighted by molar-refractivity contribution is -0.143. The van der Waals surface area contributed by atoms with E-state index in [4.69, 9.17) is 0 Å². The van der Waals surface area contributed by atoms with E-state index in [1.165, 1.54) is 14.7 Å². The van der Waals surface area contributed by atoms with Gasteiger partial charge in [-0.2, -0.15) is 4.98 Å². The Morgan fingerprint density at radius 3 is 2.32 bits per heavy atom. The minimum absolute atomic E-state index is 0.132. The number of anilines is 4. The maximum atomic E-state index is 14.2. The maximum Gasteiger partial charge on any atom is 0.330 e. The number of nitrogens with zero attached hydrogens (tertiary/aromatic N) is 7. The summed E-state index contributed by atoms with van der Waals surface area (Å²) in [6.45, 7) is 14.8. The molecule has 2 aliphatic rings. The Kier molecular flexibility index (Phi) is 13.8. The van der Waals surface area contributed by atoms with Crippen LogP contribution in [0.15, 0.2) is 42.7 Å². The quantitative estimate of drug-likeness (QED) is 0.184. The number of carbonyl (C=O) groups is 6. The fraction of sp³-hybridized carbons (Fsp3) is 0.512. The van der Waals surface area contributed by atoms with E-state index in [9.17, 15) is 28.8 Å². The zero-order chi connectivity index (χ0) is 44.2. The number of likely N-dealkylation sites (N-methyl/N-ethyl adjacent to an activating group) is 1. The molecule has 2 aliphatic heterocycles. The summed E-state index contributed by atoms with van der Waals surface area (Å²) in [5.41, 5.74) is 2.38. The summed E-state index contributed by atoms with van der Waals surface area (Å²) in [5.74, 6) is -1.66. The molecule has 0 spiro atoms. The van der Waals surface area contributed by atoms with Crippen molar-refractivity contribution in [3.63, 3.8) is 0 Å². The molecule has 7 amide bonds. The molecule has 5 rings (SSSR count). The molecule has 322 valence electrons. The summed E-state index contributed by atoms with van der Waals surface area (Å²) < 4.78 is 0. The molecule has 17 heteroatoms. The molecule has 0 bridgehead atoms. The average Bonchev–Trinajstić information content (AvgIpc) is 3.69. The van der Waals surface area contributed by atoms with Gasteiger partial charge >= 0.3 is 6.03 Å². The smallest absolute Gasteiger partial charge is 0.330 e. The van der Waals surface area contributed by atoms with Crippen molar-refractivity contribution in [1.82, 2.24) is 40.7 Å². The average molecular weight is 826 g/mol. The van der Waals surface area contributed by atoms with Gasteiger partial charge in [-0.05, 0) is 88.6 Å². The highest BCUT2D eigenvalue weighted by atomic mass is 16.2. The second-order valence-corrected chi connectivity index (χ2v) is 17.2. The lowest BCUT2D eigenvalue weighted by Gasteiger charge is -2.35. The van der Waals surface area contributed by atoms with Gasteiger partial charge in [0.15, 0.2) is 0 Å². The van der Waals surface area contributed by atoms with Crippen molar-refractivity contribution in [1.29, 1.82) is 0 Å². The highest BCUT2D eigenvalue weighted by Crippen LogP contribution is 2.33. The second kappa shape index (κ2) is 18.4. The third-order valence-electron chi connectivity index (χ3n) is 10.7. The van der Waals surface area contributed by atoms with Gasteiger partial charge in [0, 0.05) is 56.4 Å². The number of hydrogen-bond acceptors (Lipinski definition) is 10. The van der Waals surface area contributed by atoms with Crippen LogP contribution < -0.4 is 31.1 Å². The zero-order valence-electron chi connectivity index (χ0n) is 36.5. The van der Waals surface area contributed by atoms with Crippen molar-refractivity contribution in [3.05, 3.63) is 65.1 Å². The van der Waals surface area contributed by atoms with Crippen molar-refractivity contribution in [2.75, 3.05) is 42.8 Å². The lowest BCUT2D eigenvalue weighted by Crippen LogP contribution is -2.62. The number of nitrogens with one attached hydrogen (secondary N) is 4. The fourth-order valence-electron chi connectivity index (χ4n) is 7.28. The van der Waals surface area contributed by atoms with Gasteiger partial charge in [-0.15, -0.1) is 0 Å². The van der Waals surface area contributed by atoms with Crippen molar-refractivity contribution in [3.8, 4) is 0 Å². The van der Waals surface area contributed by atoms with Crippen LogP contribution in [0.2, 0.25) is 0 Å². The first kappa shape index (κ1) is 45.0. The first-order valence-corrected chi connectivity index (χ1v) is 20.3. The molecule has 1 saturated heterocycles. The summed E-state index contributed by atoms with van der Waals surface area (Å²) in [4.78, 5) is 101. The van der Waals surface area contributed by atoms with Crippen LogP contribution in [-0.4, -0.2) is 112 Å². The number of likely N-dealkylation sites (tertiary alicyclic amines) is 1. The molecule has 0 saturated carbocycles. The number of benzene rings is 1. The first-order valence-electron chi connectivity index (χ1n) is 20.3. The molecule has 0 aliphatic carbocycles. The molecule has 1 fully saturated rings. The van der Waals surface area contributed by atoms with E-state index < -0.39 is 47.3 Å². The van der Waals surface area contributed by atoms with Crippen LogP contribution in [0.3, 0.4) is 0 Å². The molecular weight excluding hydrogens is 767 g/mol. The van der Waals surface area contributed by atoms with Gasteiger partial charge < -0.3 is 31.1 Å². The summed E-state index contributed by atoms with van der Waals surface area (Å²) in [6, 6.07) is 5.78. The number of pyridine rings is 1. The van der Waals surface area contributed by atoms with Crippen LogP contribution in [-0.2, 0) is 25.7 Å². The third kappa shape index (κ3) is 10.2. The van der Waals surface area contributed by atoms with Crippen molar-refractivity contribution in [2.24, 2.45) is 11.8 Å². The summed E-state index contributed by atoms with van der Waals surface area (Å²) in [5, 5.41) is 11.6. The van der Waals surface area contributed by atoms with E-state index in [2.05, 4.69) is 36.2 Å². The Morgan fingerprint density at radius 1 is 0.967 bits per heavy atom. The minimum Gasteiger partial charge on any atom is -0.347 e. The van der Waals surface area contributed by atoms with Gasteiger partial charge in [-0.3, -0.25) is 38.8 Å². The van der Waals surface area contributed by atoms with Gasteiger partial charge in [0.25, 0.3) is 5.91 Å². The van der Waals surface area contributed by atoms with E-state index in [1.54, 1.807) is 70.5 Å². The molecule has 60 heavy (non-hydrogen) atoms. The van der Waals surface area contributed by atoms with Gasteiger partial charge in [0.05, 0.1) is 18.4 Å². The van der Waals surface area contributed by atoms with Gasteiger partial charge in [-0.1, -0.05) is 33.8 Å². The van der Waals surface area contributed by atoms with Crippen LogP contribution in [0.5, 0.6) is 0 Å². The van der Waals surface area contributed by atoms with Crippen LogP contribution in [0.1, 0.15) is 88.0 Å². The number of fused-ring (bicyclic) bond motifs is 1. The number of urea groups is 1. The number of carbonyl (C=O) groups excluding carboxylic acids is 6. The van der Waals surface area contributed by atoms with Crippen LogP contribution in [0.4, 0.5) is 27.9 Å². The van der Waals surface area contributed by atoms with Crippen molar-refractivity contribution in [2.45, 2.75) is 105 Å². The zero-order valence-corrected chi connectivity index (χ0v) is 36.5. The van der Waals surface area contributed by atoms with Crippen molar-refractivity contribution < 1.29 is 28.8 Å². The van der Waals surface area contributed by atoms with E-state index in [1.807, 2.05) is 53.7 Å². The maximum absolute atomic E-state index is 14.2. The monoisotopic (exact) mass is 825 g/mol. The van der Waals surface area contributed by atoms with Gasteiger partial charge in [-0.25, -0.2) is 9.78 Å². The highest BCUT2D eigenvalue weighted by Gasteiger charge is 2.42. The second-order valence-electron chi connectivity index (χ2n) is 17.2. The third-order valence-corrected chi connectivity index (χ3v) is 10.7. The number of aromatic nitrogens is 3. The van der Waals surface area contributed by atoms with Crippen LogP contribution in [0, 0.1) is 25.7 Å². The predicted octanol–water partition coefficient (Wildman–Crippen LogP) is 4.07. The standard InChI is InChI=1S/C43H59N11O6/c1-24(2)19-31(38(57)51(9)10)47-40(59)43(7,8)50-37(56)32-13-12-18-53(32)39(58)34(25(3)4)48-36(55)28-16-14-26(5)33(20-28)54-23-29-21-45-41(49-35(29)52(11)42(54)60)46-30-17-15-27(6)44-22-30/h14-17,20-22,24-25,31-32,34H,12-13,18-19,23H2,1-11H3,(H,47,59)(H,48,55)(H,50,56)(H,45,46,49)/t31-,32-,34?/m1/s1. The molecular formula is C43H59N11O6. The topological polar surface area (TPSA) is 202 Å². The van der Waals surface area contributed by atoms with Gasteiger partial charge in [0.2, 0.25) is 29.6 Å². The van der Waals surface area contributed by atoms with Gasteiger partial charge in [0.1, 0.15) is 29.5 Å². The van der Waals surface area contributed by atoms with E-state index in [0.717, 1.165) is 11.3 Å². The van der Waals surface area contributed by atoms with E-state index in [0.29, 0.717) is 54.5 Å². The van der Waals surface area contributed by atoms with Crippen LogP contribution in [0.25, 0.3) is 0 Å². The molecule has 1 unspecified atom stereocenters. The Labute approximate surface area is 352 Å². The molecule has 0 radical (unpaired) electrons. The highest BCUT2D eigenvalue weighted by molar-refractivity contribution is 6.07. The molecule has 17 nitrogen and oxygen atoms in total. The Morgan fingerprint density at radius 2 is 1.68 bits per heavy atom. The largest absolute Gasteiger partial charge is 0.347 e. The minimum atomic E-state index is -1.40. The lowest BCUT2D eigenvalue weighted by atomic mass is 9.98.